The number of hydrogen-bond donors (Lipinski definition) is 0. The molecule has 0 nitrogen and oxygen atoms in total. The molecule has 0 fully saturated rings. The van der Waals surface area contributed by atoms with Crippen LogP contribution in [0.1, 0.15) is 19.3 Å². The van der Waals surface area contributed by atoms with E-state index in [-0.39, 0.29) is 0 Å². The molecule has 0 aromatic rings. The smallest absolute Gasteiger partial charge is 0.129 e. The second-order valence-electron chi connectivity index (χ2n) is 3.70. The van der Waals surface area contributed by atoms with Crippen molar-refractivity contribution in [3.8, 4) is 11.5 Å². The largest absolute Gasteiger partial charge is 0.132 e. The van der Waals surface area contributed by atoms with Crippen molar-refractivity contribution in [3.05, 3.63) is 0 Å². The average Bonchev–Trinajstić information content (AvgIpc) is 1.85. The Labute approximate surface area is 85.3 Å². The zero-order valence-electron chi connectivity index (χ0n) is 7.71. The third-order valence-corrected chi connectivity index (χ3v) is 2.84. The van der Waals surface area contributed by atoms with Crippen LogP contribution >= 0.6 is 22.6 Å². The Morgan fingerprint density at radius 3 is 2.27 bits per heavy atom. The summed E-state index contributed by atoms with van der Waals surface area (Å²) in [5.41, 5.74) is 3.37. The minimum atomic E-state index is -1.08. The molecule has 0 bridgehead atoms. The Balaban J connectivity index is 3.41. The highest BCUT2D eigenvalue weighted by Gasteiger charge is 2.06. The van der Waals surface area contributed by atoms with Crippen LogP contribution in [0, 0.1) is 11.5 Å². The van der Waals surface area contributed by atoms with Crippen molar-refractivity contribution >= 4 is 30.7 Å². The highest BCUT2D eigenvalue weighted by molar-refractivity contribution is 14.1. The van der Waals surface area contributed by atoms with Gasteiger partial charge in [0, 0.05) is 6.42 Å². The van der Waals surface area contributed by atoms with E-state index in [1.165, 1.54) is 17.3 Å². The standard InChI is InChI=1S/C9H17ISi/c1-11(2,3)9-7-5-4-6-8-10/h4-6,8H2,1-3H3. The molecule has 0 spiro atoms. The molecule has 64 valence electrons. The third kappa shape index (κ3) is 10.5. The maximum atomic E-state index is 3.37. The maximum Gasteiger partial charge on any atom is 0.129 e. The zero-order valence-corrected chi connectivity index (χ0v) is 10.9. The van der Waals surface area contributed by atoms with Gasteiger partial charge in [-0.1, -0.05) is 42.2 Å². The van der Waals surface area contributed by atoms with Crippen molar-refractivity contribution in [1.29, 1.82) is 0 Å². The van der Waals surface area contributed by atoms with Crippen LogP contribution in [0.3, 0.4) is 0 Å². The molecule has 11 heavy (non-hydrogen) atoms. The Morgan fingerprint density at radius 2 is 1.82 bits per heavy atom. The van der Waals surface area contributed by atoms with Crippen LogP contribution in [0.25, 0.3) is 0 Å². The monoisotopic (exact) mass is 280 g/mol. The van der Waals surface area contributed by atoms with E-state index in [0.29, 0.717) is 0 Å². The van der Waals surface area contributed by atoms with Crippen LogP contribution in [0.5, 0.6) is 0 Å². The average molecular weight is 280 g/mol. The number of alkyl halides is 1. The van der Waals surface area contributed by atoms with Crippen LogP contribution < -0.4 is 0 Å². The second kappa shape index (κ2) is 6.07. The summed E-state index contributed by atoms with van der Waals surface area (Å²) >= 11 is 2.42. The van der Waals surface area contributed by atoms with Gasteiger partial charge < -0.3 is 0 Å². The Morgan fingerprint density at radius 1 is 1.18 bits per heavy atom. The zero-order chi connectivity index (χ0) is 8.74. The van der Waals surface area contributed by atoms with Crippen LogP contribution in [-0.4, -0.2) is 12.5 Å². The van der Waals surface area contributed by atoms with Gasteiger partial charge in [0.25, 0.3) is 0 Å². The van der Waals surface area contributed by atoms with Crippen molar-refractivity contribution in [2.45, 2.75) is 38.9 Å². The molecule has 0 saturated heterocycles. The molecular weight excluding hydrogens is 263 g/mol. The number of rotatable bonds is 3. The third-order valence-electron chi connectivity index (χ3n) is 1.15. The fraction of sp³-hybridized carbons (Fsp3) is 0.778. The number of hydrogen-bond acceptors (Lipinski definition) is 0. The number of unbranched alkanes of at least 4 members (excludes halogenated alkanes) is 2. The van der Waals surface area contributed by atoms with E-state index in [4.69, 9.17) is 0 Å². The van der Waals surface area contributed by atoms with Gasteiger partial charge in [0.1, 0.15) is 8.07 Å². The first-order valence-corrected chi connectivity index (χ1v) is 9.15. The lowest BCUT2D eigenvalue weighted by Gasteiger charge is -2.02. The van der Waals surface area contributed by atoms with Crippen LogP contribution in [0.4, 0.5) is 0 Å². The molecule has 0 radical (unpaired) electrons. The summed E-state index contributed by atoms with van der Waals surface area (Å²) in [7, 11) is -1.08. The van der Waals surface area contributed by atoms with Crippen LogP contribution in [-0.2, 0) is 0 Å². The lowest BCUT2D eigenvalue weighted by atomic mass is 10.3. The molecular formula is C9H17ISi. The normalized spacial score (nSPS) is 10.5. The predicted molar refractivity (Wildman–Crippen MR) is 63.9 cm³/mol. The minimum Gasteiger partial charge on any atom is -0.132 e. The van der Waals surface area contributed by atoms with Gasteiger partial charge in [0.2, 0.25) is 0 Å². The molecule has 0 aromatic carbocycles. The fourth-order valence-corrected chi connectivity index (χ4v) is 1.83. The van der Waals surface area contributed by atoms with Crippen molar-refractivity contribution in [2.24, 2.45) is 0 Å². The van der Waals surface area contributed by atoms with Gasteiger partial charge in [-0.05, 0) is 17.3 Å². The molecule has 0 aliphatic carbocycles. The van der Waals surface area contributed by atoms with Crippen molar-refractivity contribution < 1.29 is 0 Å². The van der Waals surface area contributed by atoms with Crippen molar-refractivity contribution in [1.82, 2.24) is 0 Å². The molecule has 0 rings (SSSR count). The molecule has 0 unspecified atom stereocenters. The van der Waals surface area contributed by atoms with Gasteiger partial charge in [-0.15, -0.1) is 11.5 Å². The lowest BCUT2D eigenvalue weighted by molar-refractivity contribution is 0.845. The quantitative estimate of drug-likeness (QED) is 0.244. The highest BCUT2D eigenvalue weighted by atomic mass is 127. The van der Waals surface area contributed by atoms with Crippen molar-refractivity contribution in [3.63, 3.8) is 0 Å². The lowest BCUT2D eigenvalue weighted by Crippen LogP contribution is -2.16. The Hall–Kier alpha value is 0.507. The summed E-state index contributed by atoms with van der Waals surface area (Å²) in [4.78, 5) is 0. The molecule has 0 N–H and O–H groups in total. The van der Waals surface area contributed by atoms with Gasteiger partial charge in [-0.25, -0.2) is 0 Å². The second-order valence-corrected chi connectivity index (χ2v) is 9.53. The van der Waals surface area contributed by atoms with E-state index in [0.717, 1.165) is 6.42 Å². The number of halogens is 1. The van der Waals surface area contributed by atoms with Gasteiger partial charge in [-0.2, -0.15) is 0 Å². The maximum absolute atomic E-state index is 3.37. The minimum absolute atomic E-state index is 1.08. The molecule has 0 atom stereocenters. The van der Waals surface area contributed by atoms with Crippen LogP contribution in [0.15, 0.2) is 0 Å². The first kappa shape index (κ1) is 11.5. The van der Waals surface area contributed by atoms with E-state index in [9.17, 15) is 0 Å². The van der Waals surface area contributed by atoms with Gasteiger partial charge >= 0.3 is 0 Å². The molecule has 0 saturated carbocycles. The van der Waals surface area contributed by atoms with E-state index in [1.807, 2.05) is 0 Å². The summed E-state index contributed by atoms with van der Waals surface area (Å²) in [6.07, 6.45) is 3.70. The summed E-state index contributed by atoms with van der Waals surface area (Å²) < 4.78 is 1.27. The van der Waals surface area contributed by atoms with Gasteiger partial charge in [0.15, 0.2) is 0 Å². The van der Waals surface area contributed by atoms with E-state index >= 15 is 0 Å². The van der Waals surface area contributed by atoms with E-state index in [1.54, 1.807) is 0 Å². The summed E-state index contributed by atoms with van der Waals surface area (Å²) in [6.45, 7) is 6.87. The SMILES string of the molecule is C[Si](C)(C)C#CCCCCI. The molecule has 0 aliphatic heterocycles. The van der Waals surface area contributed by atoms with E-state index in [2.05, 4.69) is 53.7 Å². The summed E-state index contributed by atoms with van der Waals surface area (Å²) in [5, 5.41) is 0. The molecule has 0 aromatic heterocycles. The predicted octanol–water partition coefficient (Wildman–Crippen LogP) is 3.47. The van der Waals surface area contributed by atoms with Gasteiger partial charge in [0.05, 0.1) is 0 Å². The molecule has 0 aliphatic rings. The Kier molecular flexibility index (Phi) is 6.35. The van der Waals surface area contributed by atoms with Gasteiger partial charge in [-0.3, -0.25) is 0 Å². The fourth-order valence-electron chi connectivity index (χ4n) is 0.636. The highest BCUT2D eigenvalue weighted by Crippen LogP contribution is 2.00. The van der Waals surface area contributed by atoms with E-state index < -0.39 is 8.07 Å². The Bertz CT molecular complexity index is 147. The molecule has 0 heterocycles. The summed E-state index contributed by atoms with van der Waals surface area (Å²) in [5.74, 6) is 3.27. The van der Waals surface area contributed by atoms with Crippen molar-refractivity contribution in [2.75, 3.05) is 4.43 Å². The molecule has 0 amide bonds. The first-order valence-electron chi connectivity index (χ1n) is 4.12. The van der Waals surface area contributed by atoms with Crippen LogP contribution in [0.2, 0.25) is 19.6 Å². The molecule has 2 heteroatoms. The first-order chi connectivity index (χ1) is 5.06. The topological polar surface area (TPSA) is 0 Å². The summed E-state index contributed by atoms with van der Waals surface area (Å²) in [6, 6.07) is 0.